The SMILES string of the molecule is CC(=O)CN(C)CCC(CN(C)CC(C)=O)C(N)CN(C)CC(C)=O. The fraction of sp³-hybridized carbons (Fsp3) is 0.833. The maximum atomic E-state index is 11.3. The van der Waals surface area contributed by atoms with E-state index in [1.54, 1.807) is 20.8 Å². The maximum Gasteiger partial charge on any atom is 0.143 e. The Morgan fingerprint density at radius 2 is 1.16 bits per heavy atom. The number of hydrogen-bond donors (Lipinski definition) is 1. The van der Waals surface area contributed by atoms with E-state index in [1.165, 1.54) is 0 Å². The van der Waals surface area contributed by atoms with Gasteiger partial charge in [-0.3, -0.25) is 29.1 Å². The van der Waals surface area contributed by atoms with Crippen molar-refractivity contribution >= 4 is 17.3 Å². The van der Waals surface area contributed by atoms with E-state index >= 15 is 0 Å². The summed E-state index contributed by atoms with van der Waals surface area (Å²) in [6.45, 7) is 8.03. The van der Waals surface area contributed by atoms with E-state index in [0.717, 1.165) is 13.0 Å². The molecule has 2 unspecified atom stereocenters. The minimum absolute atomic E-state index is 0.107. The summed E-state index contributed by atoms with van der Waals surface area (Å²) in [6, 6.07) is -0.107. The fourth-order valence-electron chi connectivity index (χ4n) is 3.08. The third-order valence-electron chi connectivity index (χ3n) is 4.03. The number of nitrogens with zero attached hydrogens (tertiary/aromatic N) is 3. The number of rotatable bonds is 14. The van der Waals surface area contributed by atoms with Crippen LogP contribution in [-0.4, -0.2) is 98.5 Å². The van der Waals surface area contributed by atoms with Crippen LogP contribution in [0.15, 0.2) is 0 Å². The molecule has 0 radical (unpaired) electrons. The summed E-state index contributed by atoms with van der Waals surface area (Å²) in [5.41, 5.74) is 6.41. The van der Waals surface area contributed by atoms with Crippen molar-refractivity contribution in [2.75, 3.05) is 60.4 Å². The van der Waals surface area contributed by atoms with Crippen molar-refractivity contribution in [1.82, 2.24) is 14.7 Å². The first-order valence-electron chi connectivity index (χ1n) is 8.80. The van der Waals surface area contributed by atoms with Gasteiger partial charge in [0, 0.05) is 19.1 Å². The molecule has 0 saturated heterocycles. The predicted octanol–water partition coefficient (Wildman–Crippen LogP) is -0.118. The quantitative estimate of drug-likeness (QED) is 0.464. The standard InChI is InChI=1S/C18H36N4O3/c1-14(23)9-20(4)8-7-17(12-21(5)10-15(2)24)18(19)13-22(6)11-16(3)25/h17-18H,7-13,19H2,1-6H3. The lowest BCUT2D eigenvalue weighted by Crippen LogP contribution is -2.47. The highest BCUT2D eigenvalue weighted by Crippen LogP contribution is 2.12. The van der Waals surface area contributed by atoms with Gasteiger partial charge in [-0.1, -0.05) is 0 Å². The van der Waals surface area contributed by atoms with Crippen molar-refractivity contribution in [3.63, 3.8) is 0 Å². The van der Waals surface area contributed by atoms with Gasteiger partial charge in [-0.25, -0.2) is 0 Å². The second-order valence-electron chi connectivity index (χ2n) is 7.45. The van der Waals surface area contributed by atoms with Gasteiger partial charge >= 0.3 is 0 Å². The zero-order valence-electron chi connectivity index (χ0n) is 16.7. The van der Waals surface area contributed by atoms with Gasteiger partial charge in [0.05, 0.1) is 19.6 Å². The van der Waals surface area contributed by atoms with Crippen LogP contribution in [0, 0.1) is 5.92 Å². The Hall–Kier alpha value is -1.15. The minimum atomic E-state index is -0.107. The lowest BCUT2D eigenvalue weighted by atomic mass is 9.95. The van der Waals surface area contributed by atoms with Crippen LogP contribution in [0.2, 0.25) is 0 Å². The molecule has 0 amide bonds. The molecule has 0 aromatic heterocycles. The number of ketones is 3. The molecule has 0 rings (SSSR count). The number of hydrogen-bond acceptors (Lipinski definition) is 7. The summed E-state index contributed by atoms with van der Waals surface area (Å²) in [5.74, 6) is 0.546. The molecule has 0 fully saturated rings. The van der Waals surface area contributed by atoms with Crippen molar-refractivity contribution < 1.29 is 14.4 Å². The molecule has 0 aliphatic heterocycles. The Kier molecular flexibility index (Phi) is 11.7. The van der Waals surface area contributed by atoms with E-state index in [2.05, 4.69) is 0 Å². The summed E-state index contributed by atoms with van der Waals surface area (Å²) in [5, 5.41) is 0. The zero-order chi connectivity index (χ0) is 19.6. The number of carbonyl (C=O) groups excluding carboxylic acids is 3. The maximum absolute atomic E-state index is 11.3. The second kappa shape index (κ2) is 12.2. The van der Waals surface area contributed by atoms with E-state index in [-0.39, 0.29) is 29.3 Å². The van der Waals surface area contributed by atoms with Crippen molar-refractivity contribution in [3.05, 3.63) is 0 Å². The molecule has 0 spiro atoms. The van der Waals surface area contributed by atoms with Crippen molar-refractivity contribution in [2.24, 2.45) is 11.7 Å². The smallest absolute Gasteiger partial charge is 0.143 e. The van der Waals surface area contributed by atoms with E-state index < -0.39 is 0 Å². The van der Waals surface area contributed by atoms with E-state index in [4.69, 9.17) is 5.73 Å². The lowest BCUT2D eigenvalue weighted by molar-refractivity contribution is -0.119. The summed E-state index contributed by atoms with van der Waals surface area (Å²) in [7, 11) is 5.73. The third kappa shape index (κ3) is 12.8. The Bertz CT molecular complexity index is 442. The summed E-state index contributed by atoms with van der Waals surface area (Å²) < 4.78 is 0. The largest absolute Gasteiger partial charge is 0.326 e. The van der Waals surface area contributed by atoms with Gasteiger partial charge in [-0.05, 0) is 60.8 Å². The number of Topliss-reactive ketones (excluding diaryl/α,β-unsaturated/α-hetero) is 3. The average Bonchev–Trinajstić information content (AvgIpc) is 2.40. The van der Waals surface area contributed by atoms with Crippen LogP contribution in [0.3, 0.4) is 0 Å². The van der Waals surface area contributed by atoms with Crippen molar-refractivity contribution in [2.45, 2.75) is 33.2 Å². The molecule has 7 heteroatoms. The molecule has 2 atom stereocenters. The molecular formula is C18H36N4O3. The van der Waals surface area contributed by atoms with Gasteiger partial charge in [0.2, 0.25) is 0 Å². The van der Waals surface area contributed by atoms with Crippen LogP contribution in [0.4, 0.5) is 0 Å². The van der Waals surface area contributed by atoms with Gasteiger partial charge in [-0.15, -0.1) is 0 Å². The lowest BCUT2D eigenvalue weighted by Gasteiger charge is -2.31. The predicted molar refractivity (Wildman–Crippen MR) is 101 cm³/mol. The average molecular weight is 357 g/mol. The fourth-order valence-corrected chi connectivity index (χ4v) is 3.08. The van der Waals surface area contributed by atoms with Gasteiger partial charge < -0.3 is 5.73 Å². The van der Waals surface area contributed by atoms with Crippen LogP contribution in [0.1, 0.15) is 27.2 Å². The normalized spacial score (nSPS) is 14.2. The van der Waals surface area contributed by atoms with Gasteiger partial charge in [0.15, 0.2) is 0 Å². The molecule has 7 nitrogen and oxygen atoms in total. The molecule has 0 aliphatic rings. The molecule has 146 valence electrons. The molecule has 2 N–H and O–H groups in total. The highest BCUT2D eigenvalue weighted by Gasteiger charge is 2.22. The van der Waals surface area contributed by atoms with Crippen LogP contribution >= 0.6 is 0 Å². The first kappa shape index (κ1) is 23.9. The number of carbonyl (C=O) groups is 3. The van der Waals surface area contributed by atoms with Gasteiger partial charge in [0.1, 0.15) is 17.3 Å². The topological polar surface area (TPSA) is 86.9 Å². The molecule has 0 saturated carbocycles. The van der Waals surface area contributed by atoms with Crippen LogP contribution in [0.25, 0.3) is 0 Å². The highest BCUT2D eigenvalue weighted by molar-refractivity contribution is 5.78. The first-order chi connectivity index (χ1) is 11.5. The molecule has 25 heavy (non-hydrogen) atoms. The van der Waals surface area contributed by atoms with Crippen LogP contribution in [0.5, 0.6) is 0 Å². The van der Waals surface area contributed by atoms with Gasteiger partial charge in [0.25, 0.3) is 0 Å². The van der Waals surface area contributed by atoms with Crippen molar-refractivity contribution in [3.8, 4) is 0 Å². The Morgan fingerprint density at radius 1 is 0.760 bits per heavy atom. The Labute approximate surface area is 152 Å². The number of likely N-dealkylation sites (N-methyl/N-ethyl adjacent to an activating group) is 3. The Balaban J connectivity index is 4.76. The minimum Gasteiger partial charge on any atom is -0.326 e. The Morgan fingerprint density at radius 3 is 1.60 bits per heavy atom. The van der Waals surface area contributed by atoms with E-state index in [9.17, 15) is 14.4 Å². The third-order valence-corrected chi connectivity index (χ3v) is 4.03. The zero-order valence-corrected chi connectivity index (χ0v) is 16.7. The monoisotopic (exact) mass is 356 g/mol. The molecule has 0 aliphatic carbocycles. The van der Waals surface area contributed by atoms with Gasteiger partial charge in [-0.2, -0.15) is 0 Å². The van der Waals surface area contributed by atoms with E-state index in [0.29, 0.717) is 32.7 Å². The van der Waals surface area contributed by atoms with Crippen LogP contribution in [-0.2, 0) is 14.4 Å². The van der Waals surface area contributed by atoms with Crippen molar-refractivity contribution in [1.29, 1.82) is 0 Å². The highest BCUT2D eigenvalue weighted by atomic mass is 16.1. The molecule has 0 aromatic carbocycles. The molecule has 0 aromatic rings. The molecule has 0 bridgehead atoms. The van der Waals surface area contributed by atoms with Crippen LogP contribution < -0.4 is 5.73 Å². The number of nitrogens with two attached hydrogens (primary N) is 1. The summed E-state index contributed by atoms with van der Waals surface area (Å²) >= 11 is 0. The summed E-state index contributed by atoms with van der Waals surface area (Å²) in [4.78, 5) is 39.7. The second-order valence-corrected chi connectivity index (χ2v) is 7.45. The first-order valence-corrected chi connectivity index (χ1v) is 8.80. The van der Waals surface area contributed by atoms with E-state index in [1.807, 2.05) is 35.8 Å². The summed E-state index contributed by atoms with van der Waals surface area (Å²) in [6.07, 6.45) is 0.834. The molecule has 0 heterocycles. The molecular weight excluding hydrogens is 320 g/mol.